The Bertz CT molecular complexity index is 300. The Labute approximate surface area is 129 Å². The average Bonchev–Trinajstić information content (AvgIpc) is 2.37. The second-order valence-corrected chi connectivity index (χ2v) is 7.95. The van der Waals surface area contributed by atoms with Crippen LogP contribution in [0.5, 0.6) is 0 Å². The molecule has 0 aromatic carbocycles. The van der Waals surface area contributed by atoms with Gasteiger partial charge in [-0.15, -0.1) is 0 Å². The third-order valence-electron chi connectivity index (χ3n) is 2.42. The minimum Gasteiger partial charge on any atom is -0.481 e. The second kappa shape index (κ2) is 11.1. The van der Waals surface area contributed by atoms with E-state index in [-0.39, 0.29) is 17.8 Å². The number of carboxylic acid groups (broad SMARTS) is 1. The summed E-state index contributed by atoms with van der Waals surface area (Å²) in [5, 5.41) is 12.0. The zero-order valence-corrected chi connectivity index (χ0v) is 14.2. The summed E-state index contributed by atoms with van der Waals surface area (Å²) in [6.45, 7) is 8.37. The van der Waals surface area contributed by atoms with E-state index in [1.165, 1.54) is 0 Å². The Balaban J connectivity index is 4.12. The van der Waals surface area contributed by atoms with Crippen LogP contribution >= 0.6 is 21.6 Å². The molecule has 0 heterocycles. The fourth-order valence-electron chi connectivity index (χ4n) is 1.16. The zero-order chi connectivity index (χ0) is 15.5. The number of aliphatic carboxylic acids is 1. The largest absolute Gasteiger partial charge is 0.481 e. The summed E-state index contributed by atoms with van der Waals surface area (Å²) in [6, 6.07) is 0. The van der Waals surface area contributed by atoms with Gasteiger partial charge in [0.25, 0.3) is 0 Å². The van der Waals surface area contributed by atoms with Crippen LogP contribution in [0.15, 0.2) is 0 Å². The van der Waals surface area contributed by atoms with E-state index in [1.807, 2.05) is 13.8 Å². The first-order valence-corrected chi connectivity index (χ1v) is 9.11. The van der Waals surface area contributed by atoms with Crippen LogP contribution in [0.2, 0.25) is 0 Å². The molecule has 2 unspecified atom stereocenters. The summed E-state index contributed by atoms with van der Waals surface area (Å²) >= 11 is 0. The Morgan fingerprint density at radius 1 is 1.25 bits per heavy atom. The molecule has 0 aliphatic heterocycles. The number of alkyl carbamates (subject to hydrolysis) is 1. The maximum Gasteiger partial charge on any atom is 0.407 e. The van der Waals surface area contributed by atoms with Gasteiger partial charge in [-0.1, -0.05) is 42.4 Å². The fraction of sp³-hybridized carbons (Fsp3) is 0.846. The Hall–Kier alpha value is -0.560. The number of ether oxygens (including phenoxy) is 1. The summed E-state index contributed by atoms with van der Waals surface area (Å²) in [5.41, 5.74) is 0. The molecule has 1 amide bonds. The minimum atomic E-state index is -0.813. The molecule has 0 rings (SSSR count). The molecule has 0 fully saturated rings. The first-order chi connectivity index (χ1) is 9.35. The molecule has 7 heteroatoms. The van der Waals surface area contributed by atoms with Gasteiger partial charge in [0, 0.05) is 23.5 Å². The summed E-state index contributed by atoms with van der Waals surface area (Å²) in [6.07, 6.45) is 0.871. The van der Waals surface area contributed by atoms with E-state index in [1.54, 1.807) is 21.6 Å². The van der Waals surface area contributed by atoms with E-state index in [9.17, 15) is 9.59 Å². The van der Waals surface area contributed by atoms with Gasteiger partial charge in [0.1, 0.15) is 6.10 Å². The molecule has 0 aromatic rings. The van der Waals surface area contributed by atoms with E-state index in [0.717, 1.165) is 6.42 Å². The number of carbonyl (C=O) groups excluding carboxylic acids is 1. The van der Waals surface area contributed by atoms with Crippen LogP contribution in [0, 0.1) is 0 Å². The van der Waals surface area contributed by atoms with Gasteiger partial charge in [0.15, 0.2) is 0 Å². The predicted octanol–water partition coefficient (Wildman–Crippen LogP) is 3.53. The number of carboxylic acids is 1. The van der Waals surface area contributed by atoms with Crippen molar-refractivity contribution in [3.63, 3.8) is 0 Å². The highest BCUT2D eigenvalue weighted by atomic mass is 33.1. The van der Waals surface area contributed by atoms with Gasteiger partial charge >= 0.3 is 12.1 Å². The molecule has 2 N–H and O–H groups in total. The lowest BCUT2D eigenvalue weighted by atomic mass is 10.2. The number of hydrogen-bond acceptors (Lipinski definition) is 5. The van der Waals surface area contributed by atoms with E-state index in [4.69, 9.17) is 9.84 Å². The van der Waals surface area contributed by atoms with Crippen LogP contribution in [0.3, 0.4) is 0 Å². The van der Waals surface area contributed by atoms with Crippen molar-refractivity contribution in [2.75, 3.05) is 6.54 Å². The lowest BCUT2D eigenvalue weighted by Crippen LogP contribution is -2.33. The molecule has 20 heavy (non-hydrogen) atoms. The quantitative estimate of drug-likeness (QED) is 0.599. The van der Waals surface area contributed by atoms with Gasteiger partial charge in [-0.25, -0.2) is 4.79 Å². The van der Waals surface area contributed by atoms with Crippen LogP contribution in [-0.4, -0.2) is 40.3 Å². The van der Waals surface area contributed by atoms with Gasteiger partial charge in [-0.05, 0) is 19.8 Å². The molecule has 0 saturated carbocycles. The van der Waals surface area contributed by atoms with E-state index >= 15 is 0 Å². The van der Waals surface area contributed by atoms with E-state index in [2.05, 4.69) is 19.2 Å². The van der Waals surface area contributed by atoms with Gasteiger partial charge in [-0.2, -0.15) is 0 Å². The third kappa shape index (κ3) is 11.3. The predicted molar refractivity (Wildman–Crippen MR) is 85.2 cm³/mol. The monoisotopic (exact) mass is 323 g/mol. The molecule has 0 aliphatic rings. The van der Waals surface area contributed by atoms with Gasteiger partial charge < -0.3 is 15.2 Å². The molecule has 118 valence electrons. The standard InChI is InChI=1S/C13H25NO4S2/c1-5-10(4)18-13(17)14-8-11(6-7-12(15)16)20-19-9(2)3/h9-11H,5-8H2,1-4H3,(H,14,17)(H,15,16). The summed E-state index contributed by atoms with van der Waals surface area (Å²) < 4.78 is 5.12. The first kappa shape index (κ1) is 19.4. The molecule has 0 radical (unpaired) electrons. The van der Waals surface area contributed by atoms with Crippen molar-refractivity contribution in [2.45, 2.75) is 63.6 Å². The van der Waals surface area contributed by atoms with Crippen molar-refractivity contribution >= 4 is 33.7 Å². The van der Waals surface area contributed by atoms with Gasteiger partial charge in [0.05, 0.1) is 0 Å². The van der Waals surface area contributed by atoms with Crippen molar-refractivity contribution < 1.29 is 19.4 Å². The van der Waals surface area contributed by atoms with Gasteiger partial charge in [0.2, 0.25) is 0 Å². The average molecular weight is 323 g/mol. The molecular weight excluding hydrogens is 298 g/mol. The van der Waals surface area contributed by atoms with E-state index < -0.39 is 12.1 Å². The molecule has 0 spiro atoms. The zero-order valence-electron chi connectivity index (χ0n) is 12.5. The van der Waals surface area contributed by atoms with Gasteiger partial charge in [-0.3, -0.25) is 4.79 Å². The summed E-state index contributed by atoms with van der Waals surface area (Å²) in [4.78, 5) is 22.2. The summed E-state index contributed by atoms with van der Waals surface area (Å²) in [7, 11) is 3.31. The van der Waals surface area contributed by atoms with Crippen molar-refractivity contribution in [2.24, 2.45) is 0 Å². The Morgan fingerprint density at radius 3 is 2.40 bits per heavy atom. The maximum atomic E-state index is 11.5. The number of carbonyl (C=O) groups is 2. The van der Waals surface area contributed by atoms with Crippen molar-refractivity contribution in [3.8, 4) is 0 Å². The highest BCUT2D eigenvalue weighted by molar-refractivity contribution is 8.77. The Kier molecular flexibility index (Phi) is 10.8. The van der Waals surface area contributed by atoms with Crippen LogP contribution < -0.4 is 5.32 Å². The highest BCUT2D eigenvalue weighted by Crippen LogP contribution is 2.32. The van der Waals surface area contributed by atoms with Crippen LogP contribution in [-0.2, 0) is 9.53 Å². The van der Waals surface area contributed by atoms with Crippen molar-refractivity contribution in [1.29, 1.82) is 0 Å². The van der Waals surface area contributed by atoms with Crippen molar-refractivity contribution in [3.05, 3.63) is 0 Å². The van der Waals surface area contributed by atoms with Crippen molar-refractivity contribution in [1.82, 2.24) is 5.32 Å². The Morgan fingerprint density at radius 2 is 1.90 bits per heavy atom. The molecule has 0 aromatic heterocycles. The molecule has 5 nitrogen and oxygen atoms in total. The number of amides is 1. The molecule has 0 bridgehead atoms. The highest BCUT2D eigenvalue weighted by Gasteiger charge is 2.15. The fourth-order valence-corrected chi connectivity index (χ4v) is 3.54. The molecule has 0 saturated heterocycles. The number of nitrogens with one attached hydrogen (secondary N) is 1. The van der Waals surface area contributed by atoms with E-state index in [0.29, 0.717) is 18.2 Å². The topological polar surface area (TPSA) is 75.6 Å². The molecule has 0 aliphatic carbocycles. The van der Waals surface area contributed by atoms with Crippen LogP contribution in [0.4, 0.5) is 4.79 Å². The number of hydrogen-bond donors (Lipinski definition) is 2. The maximum absolute atomic E-state index is 11.5. The normalized spacial score (nSPS) is 13.8. The smallest absolute Gasteiger partial charge is 0.407 e. The summed E-state index contributed by atoms with van der Waals surface area (Å²) in [5.74, 6) is -0.813. The lowest BCUT2D eigenvalue weighted by molar-refractivity contribution is -0.137. The second-order valence-electron chi connectivity index (χ2n) is 4.80. The first-order valence-electron chi connectivity index (χ1n) is 6.83. The molecule has 2 atom stereocenters. The third-order valence-corrected chi connectivity index (χ3v) is 5.90. The SMILES string of the molecule is CCC(C)OC(=O)NCC(CCC(=O)O)SSC(C)C. The number of rotatable bonds is 10. The van der Waals surface area contributed by atoms with Crippen LogP contribution in [0.25, 0.3) is 0 Å². The minimum absolute atomic E-state index is 0.0722. The molecular formula is C13H25NO4S2. The van der Waals surface area contributed by atoms with Crippen LogP contribution in [0.1, 0.15) is 47.0 Å². The lowest BCUT2D eigenvalue weighted by Gasteiger charge is -2.18.